The van der Waals surface area contributed by atoms with E-state index in [1.807, 2.05) is 6.07 Å². The van der Waals surface area contributed by atoms with Crippen molar-refractivity contribution in [3.8, 4) is 0 Å². The summed E-state index contributed by atoms with van der Waals surface area (Å²) in [5, 5.41) is 9.58. The molecular formula is C9H12BO5P. The van der Waals surface area contributed by atoms with Crippen LogP contribution >= 0.6 is 7.60 Å². The van der Waals surface area contributed by atoms with Gasteiger partial charge in [0.25, 0.3) is 0 Å². The van der Waals surface area contributed by atoms with Gasteiger partial charge < -0.3 is 19.5 Å². The predicted octanol–water partition coefficient (Wildman–Crippen LogP) is -0.376. The first kappa shape index (κ1) is 11.8. The molecule has 0 bridgehead atoms. The van der Waals surface area contributed by atoms with Crippen LogP contribution in [0.2, 0.25) is 0 Å². The van der Waals surface area contributed by atoms with Crippen molar-refractivity contribution in [2.24, 2.45) is 0 Å². The molecule has 1 aliphatic rings. The molecule has 1 heterocycles. The molecule has 0 spiro atoms. The molecule has 3 N–H and O–H groups in total. The van der Waals surface area contributed by atoms with Gasteiger partial charge in [-0.05, 0) is 23.0 Å². The summed E-state index contributed by atoms with van der Waals surface area (Å²) in [6.07, 6.45) is 0.0318. The Hall–Kier alpha value is -0.645. The van der Waals surface area contributed by atoms with E-state index in [1.165, 1.54) is 0 Å². The van der Waals surface area contributed by atoms with E-state index in [0.717, 1.165) is 11.1 Å². The van der Waals surface area contributed by atoms with Gasteiger partial charge >= 0.3 is 14.7 Å². The van der Waals surface area contributed by atoms with Crippen LogP contribution in [-0.2, 0) is 22.2 Å². The average molecular weight is 242 g/mol. The molecule has 86 valence electrons. The van der Waals surface area contributed by atoms with E-state index < -0.39 is 14.7 Å². The van der Waals surface area contributed by atoms with Gasteiger partial charge in [0.15, 0.2) is 0 Å². The van der Waals surface area contributed by atoms with Crippen molar-refractivity contribution in [1.29, 1.82) is 0 Å². The van der Waals surface area contributed by atoms with Crippen LogP contribution in [0.25, 0.3) is 0 Å². The number of aryl methyl sites for hydroxylation is 1. The van der Waals surface area contributed by atoms with Gasteiger partial charge in [0.2, 0.25) is 0 Å². The summed E-state index contributed by atoms with van der Waals surface area (Å²) < 4.78 is 15.8. The van der Waals surface area contributed by atoms with Crippen LogP contribution in [0.15, 0.2) is 18.2 Å². The molecule has 0 aliphatic carbocycles. The van der Waals surface area contributed by atoms with Gasteiger partial charge in [-0.2, -0.15) is 0 Å². The van der Waals surface area contributed by atoms with E-state index in [0.29, 0.717) is 12.1 Å². The van der Waals surface area contributed by atoms with Gasteiger partial charge in [0.1, 0.15) is 0 Å². The molecule has 5 nitrogen and oxygen atoms in total. The summed E-state index contributed by atoms with van der Waals surface area (Å²) in [6.45, 7) is 0.347. The lowest BCUT2D eigenvalue weighted by atomic mass is 9.75. The maximum absolute atomic E-state index is 10.8. The van der Waals surface area contributed by atoms with Crippen molar-refractivity contribution in [1.82, 2.24) is 0 Å². The Morgan fingerprint density at radius 3 is 2.88 bits per heavy atom. The van der Waals surface area contributed by atoms with Gasteiger partial charge in [-0.15, -0.1) is 0 Å². The second-order valence-electron chi connectivity index (χ2n) is 3.79. The summed E-state index contributed by atoms with van der Waals surface area (Å²) in [5.41, 5.74) is 2.29. The molecule has 2 rings (SSSR count). The highest BCUT2D eigenvalue weighted by Crippen LogP contribution is 2.34. The average Bonchev–Trinajstić information content (AvgIpc) is 2.57. The molecule has 0 aromatic heterocycles. The zero-order valence-electron chi connectivity index (χ0n) is 8.54. The van der Waals surface area contributed by atoms with E-state index in [-0.39, 0.29) is 12.6 Å². The third-order valence-electron chi connectivity index (χ3n) is 2.60. The van der Waals surface area contributed by atoms with Gasteiger partial charge in [-0.25, -0.2) is 0 Å². The number of rotatable bonds is 3. The smallest absolute Gasteiger partial charge is 0.423 e. The molecule has 16 heavy (non-hydrogen) atoms. The Kier molecular flexibility index (Phi) is 3.19. The number of benzene rings is 1. The van der Waals surface area contributed by atoms with Gasteiger partial charge in [0, 0.05) is 0 Å². The predicted molar refractivity (Wildman–Crippen MR) is 59.5 cm³/mol. The van der Waals surface area contributed by atoms with E-state index in [4.69, 9.17) is 14.4 Å². The molecule has 0 saturated carbocycles. The Morgan fingerprint density at radius 2 is 2.19 bits per heavy atom. The molecular weight excluding hydrogens is 230 g/mol. The van der Waals surface area contributed by atoms with E-state index in [1.54, 1.807) is 12.1 Å². The molecule has 0 radical (unpaired) electrons. The number of hydrogen-bond acceptors (Lipinski definition) is 3. The van der Waals surface area contributed by atoms with Gasteiger partial charge in [-0.1, -0.05) is 18.2 Å². The number of fused-ring (bicyclic) bond motifs is 1. The fourth-order valence-electron chi connectivity index (χ4n) is 1.85. The van der Waals surface area contributed by atoms with Crippen LogP contribution < -0.4 is 5.46 Å². The minimum Gasteiger partial charge on any atom is -0.423 e. The molecule has 1 aromatic carbocycles. The van der Waals surface area contributed by atoms with Crippen LogP contribution in [0.5, 0.6) is 0 Å². The molecule has 0 amide bonds. The lowest BCUT2D eigenvalue weighted by molar-refractivity contribution is 0.275. The summed E-state index contributed by atoms with van der Waals surface area (Å²) in [5.74, 6) is 0. The standard InChI is InChI=1S/C9H12BO5P/c11-10-9-7(4-5-16(12,13)14)2-1-3-8(9)6-15-10/h1-3,11H,4-6H2,(H2,12,13,14). The summed E-state index contributed by atoms with van der Waals surface area (Å²) in [7, 11) is -4.97. The van der Waals surface area contributed by atoms with Crippen LogP contribution in [-0.4, -0.2) is 28.1 Å². The largest absolute Gasteiger partial charge is 0.492 e. The fourth-order valence-corrected chi connectivity index (χ4v) is 2.38. The Morgan fingerprint density at radius 1 is 1.44 bits per heavy atom. The first-order valence-electron chi connectivity index (χ1n) is 4.92. The topological polar surface area (TPSA) is 87.0 Å². The van der Waals surface area contributed by atoms with Crippen molar-refractivity contribution in [2.75, 3.05) is 6.16 Å². The third kappa shape index (κ3) is 2.54. The molecule has 0 fully saturated rings. The second-order valence-corrected chi connectivity index (χ2v) is 5.57. The van der Waals surface area contributed by atoms with Crippen molar-refractivity contribution >= 4 is 20.2 Å². The van der Waals surface area contributed by atoms with Crippen molar-refractivity contribution in [3.05, 3.63) is 29.3 Å². The van der Waals surface area contributed by atoms with Crippen molar-refractivity contribution in [3.63, 3.8) is 0 Å². The Labute approximate surface area is 93.4 Å². The Balaban J connectivity index is 2.23. The molecule has 0 unspecified atom stereocenters. The highest BCUT2D eigenvalue weighted by Gasteiger charge is 2.30. The van der Waals surface area contributed by atoms with Crippen LogP contribution in [0.3, 0.4) is 0 Å². The van der Waals surface area contributed by atoms with Crippen molar-refractivity contribution < 1.29 is 24.0 Å². The minimum absolute atomic E-state index is 0.212. The quantitative estimate of drug-likeness (QED) is 0.497. The molecule has 7 heteroatoms. The summed E-state index contributed by atoms with van der Waals surface area (Å²) in [6, 6.07) is 5.40. The minimum atomic E-state index is -4.00. The van der Waals surface area contributed by atoms with E-state index in [2.05, 4.69) is 0 Å². The SMILES string of the molecule is O=P(O)(O)CCc1cccc2c1B(O)OC2. The maximum Gasteiger partial charge on any atom is 0.492 e. The van der Waals surface area contributed by atoms with Gasteiger partial charge in [0.05, 0.1) is 12.8 Å². The summed E-state index contributed by atoms with van der Waals surface area (Å²) in [4.78, 5) is 17.6. The molecule has 0 saturated heterocycles. The lowest BCUT2D eigenvalue weighted by Crippen LogP contribution is -2.31. The fraction of sp³-hybridized carbons (Fsp3) is 0.333. The zero-order chi connectivity index (χ0) is 11.8. The van der Waals surface area contributed by atoms with Crippen LogP contribution in [0.4, 0.5) is 0 Å². The lowest BCUT2D eigenvalue weighted by Gasteiger charge is -2.08. The third-order valence-corrected chi connectivity index (χ3v) is 3.41. The monoisotopic (exact) mass is 242 g/mol. The van der Waals surface area contributed by atoms with E-state index in [9.17, 15) is 9.59 Å². The summed E-state index contributed by atoms with van der Waals surface area (Å²) >= 11 is 0. The Bertz CT molecular complexity index is 444. The highest BCUT2D eigenvalue weighted by atomic mass is 31.2. The highest BCUT2D eigenvalue weighted by molar-refractivity contribution is 7.51. The first-order chi connectivity index (χ1) is 7.47. The number of hydrogen-bond donors (Lipinski definition) is 3. The zero-order valence-corrected chi connectivity index (χ0v) is 9.43. The van der Waals surface area contributed by atoms with Crippen LogP contribution in [0.1, 0.15) is 11.1 Å². The normalized spacial score (nSPS) is 15.3. The van der Waals surface area contributed by atoms with Crippen molar-refractivity contribution in [2.45, 2.75) is 13.0 Å². The second kappa shape index (κ2) is 4.32. The molecule has 1 aromatic rings. The van der Waals surface area contributed by atoms with Crippen LogP contribution in [0, 0.1) is 0 Å². The molecule has 1 aliphatic heterocycles. The first-order valence-corrected chi connectivity index (χ1v) is 6.72. The maximum atomic E-state index is 10.8. The van der Waals surface area contributed by atoms with E-state index >= 15 is 0 Å². The van der Waals surface area contributed by atoms with Gasteiger partial charge in [-0.3, -0.25) is 4.57 Å². The molecule has 0 atom stereocenters.